The molecule has 2 heterocycles. The molecule has 0 saturated carbocycles. The van der Waals surface area contributed by atoms with Crippen LogP contribution in [0.2, 0.25) is 0 Å². The molecule has 1 aromatic carbocycles. The van der Waals surface area contributed by atoms with Crippen molar-refractivity contribution in [3.05, 3.63) is 64.3 Å². The molecule has 0 fully saturated rings. The molecule has 0 bridgehead atoms. The fourth-order valence-electron chi connectivity index (χ4n) is 3.30. The van der Waals surface area contributed by atoms with Crippen molar-refractivity contribution >= 4 is 5.97 Å². The minimum atomic E-state index is -0.396. The summed E-state index contributed by atoms with van der Waals surface area (Å²) in [5.74, 6) is 0.276. The molecule has 0 N–H and O–H groups in total. The maximum atomic E-state index is 12.6. The van der Waals surface area contributed by atoms with Crippen molar-refractivity contribution in [3.63, 3.8) is 0 Å². The number of esters is 1. The zero-order chi connectivity index (χ0) is 17.4. The van der Waals surface area contributed by atoms with Gasteiger partial charge < -0.3 is 9.26 Å². The predicted octanol–water partition coefficient (Wildman–Crippen LogP) is 3.32. The molecule has 6 nitrogen and oxygen atoms in total. The highest BCUT2D eigenvalue weighted by Crippen LogP contribution is 2.28. The van der Waals surface area contributed by atoms with Crippen LogP contribution in [0.25, 0.3) is 5.69 Å². The molecule has 3 aromatic rings. The fourth-order valence-corrected chi connectivity index (χ4v) is 3.30. The minimum absolute atomic E-state index is 0.146. The molecule has 4 rings (SSSR count). The first kappa shape index (κ1) is 15.6. The van der Waals surface area contributed by atoms with E-state index < -0.39 is 5.97 Å². The Morgan fingerprint density at radius 3 is 2.76 bits per heavy atom. The van der Waals surface area contributed by atoms with Crippen LogP contribution in [-0.2, 0) is 24.2 Å². The van der Waals surface area contributed by atoms with Crippen molar-refractivity contribution in [2.45, 2.75) is 39.7 Å². The summed E-state index contributed by atoms with van der Waals surface area (Å²) in [6.07, 6.45) is 2.82. The second-order valence-electron chi connectivity index (χ2n) is 6.25. The number of hydrogen-bond donors (Lipinski definition) is 0. The number of nitrogens with zero attached hydrogens (tertiary/aromatic N) is 3. The summed E-state index contributed by atoms with van der Waals surface area (Å²) in [4.78, 5) is 12.6. The van der Waals surface area contributed by atoms with E-state index in [1.54, 1.807) is 0 Å². The Kier molecular flexibility index (Phi) is 3.87. The number of para-hydroxylation sites is 1. The third kappa shape index (κ3) is 2.73. The Bertz CT molecular complexity index is 906. The third-order valence-electron chi connectivity index (χ3n) is 4.65. The van der Waals surface area contributed by atoms with Crippen LogP contribution in [-0.4, -0.2) is 20.9 Å². The van der Waals surface area contributed by atoms with E-state index in [0.717, 1.165) is 47.5 Å². The number of carbonyl (C=O) groups is 1. The second-order valence-corrected chi connectivity index (χ2v) is 6.25. The molecule has 0 amide bonds. The Labute approximate surface area is 145 Å². The topological polar surface area (TPSA) is 70.2 Å². The number of hydrogen-bond acceptors (Lipinski definition) is 5. The van der Waals surface area contributed by atoms with Gasteiger partial charge in [-0.25, -0.2) is 9.48 Å². The van der Waals surface area contributed by atoms with Crippen LogP contribution in [0, 0.1) is 13.8 Å². The summed E-state index contributed by atoms with van der Waals surface area (Å²) in [6.45, 7) is 3.79. The van der Waals surface area contributed by atoms with Crippen LogP contribution in [0.3, 0.4) is 0 Å². The van der Waals surface area contributed by atoms with Crippen LogP contribution in [0.4, 0.5) is 0 Å². The molecular formula is C19H19N3O3. The summed E-state index contributed by atoms with van der Waals surface area (Å²) >= 11 is 0. The maximum Gasteiger partial charge on any atom is 0.359 e. The zero-order valence-corrected chi connectivity index (χ0v) is 14.3. The quantitative estimate of drug-likeness (QED) is 0.683. The lowest BCUT2D eigenvalue weighted by Gasteiger charge is -2.05. The molecule has 2 aromatic heterocycles. The largest absolute Gasteiger partial charge is 0.456 e. The smallest absolute Gasteiger partial charge is 0.359 e. The number of ether oxygens (including phenoxy) is 1. The van der Waals surface area contributed by atoms with Crippen LogP contribution < -0.4 is 0 Å². The Morgan fingerprint density at radius 2 is 2.04 bits per heavy atom. The predicted molar refractivity (Wildman–Crippen MR) is 90.7 cm³/mol. The number of rotatable bonds is 4. The average Bonchev–Trinajstić information content (AvgIpc) is 3.30. The molecule has 1 aliphatic carbocycles. The Morgan fingerprint density at radius 1 is 1.24 bits per heavy atom. The van der Waals surface area contributed by atoms with E-state index in [1.165, 1.54) is 0 Å². The molecule has 0 saturated heterocycles. The van der Waals surface area contributed by atoms with Gasteiger partial charge in [-0.05, 0) is 45.2 Å². The number of benzene rings is 1. The van der Waals surface area contributed by atoms with Crippen molar-refractivity contribution in [2.24, 2.45) is 0 Å². The summed E-state index contributed by atoms with van der Waals surface area (Å²) in [5.41, 5.74) is 5.05. The summed E-state index contributed by atoms with van der Waals surface area (Å²) in [5, 5.41) is 8.43. The van der Waals surface area contributed by atoms with E-state index in [1.807, 2.05) is 48.9 Å². The monoisotopic (exact) mass is 337 g/mol. The average molecular weight is 337 g/mol. The van der Waals surface area contributed by atoms with Gasteiger partial charge in [-0.3, -0.25) is 0 Å². The van der Waals surface area contributed by atoms with Gasteiger partial charge in [0.05, 0.1) is 16.9 Å². The molecule has 0 spiro atoms. The van der Waals surface area contributed by atoms with Gasteiger partial charge in [0.2, 0.25) is 0 Å². The lowest BCUT2D eigenvalue weighted by Crippen LogP contribution is -2.10. The standard InChI is InChI=1S/C19H19N3O3/c1-12-16(13(2)25-21-12)11-24-19(23)18-15-9-6-10-17(15)22(20-18)14-7-4-3-5-8-14/h3-5,7-8H,6,9-11H2,1-2H3. The van der Waals surface area contributed by atoms with Gasteiger partial charge in [0.1, 0.15) is 12.4 Å². The summed E-state index contributed by atoms with van der Waals surface area (Å²) in [7, 11) is 0. The van der Waals surface area contributed by atoms with E-state index in [0.29, 0.717) is 11.5 Å². The maximum absolute atomic E-state index is 12.6. The first-order chi connectivity index (χ1) is 12.1. The van der Waals surface area contributed by atoms with Crippen LogP contribution in [0.15, 0.2) is 34.9 Å². The third-order valence-corrected chi connectivity index (χ3v) is 4.65. The highest BCUT2D eigenvalue weighted by Gasteiger charge is 2.28. The highest BCUT2D eigenvalue weighted by molar-refractivity contribution is 5.89. The van der Waals surface area contributed by atoms with Crippen molar-refractivity contribution in [1.82, 2.24) is 14.9 Å². The molecule has 6 heteroatoms. The lowest BCUT2D eigenvalue weighted by atomic mass is 10.2. The number of fused-ring (bicyclic) bond motifs is 1. The SMILES string of the molecule is Cc1noc(C)c1COC(=O)c1nn(-c2ccccc2)c2c1CCC2. The first-order valence-corrected chi connectivity index (χ1v) is 8.40. The summed E-state index contributed by atoms with van der Waals surface area (Å²) in [6, 6.07) is 9.88. The van der Waals surface area contributed by atoms with Gasteiger partial charge in [0.15, 0.2) is 5.69 Å². The molecule has 0 unspecified atom stereocenters. The van der Waals surface area contributed by atoms with Gasteiger partial charge in [0.25, 0.3) is 0 Å². The highest BCUT2D eigenvalue weighted by atomic mass is 16.5. The van der Waals surface area contributed by atoms with Gasteiger partial charge in [-0.1, -0.05) is 23.4 Å². The molecule has 128 valence electrons. The van der Waals surface area contributed by atoms with Crippen molar-refractivity contribution in [3.8, 4) is 5.69 Å². The van der Waals surface area contributed by atoms with Crippen LogP contribution >= 0.6 is 0 Å². The number of carbonyl (C=O) groups excluding carboxylic acids is 1. The van der Waals surface area contributed by atoms with Gasteiger partial charge in [-0.15, -0.1) is 0 Å². The normalized spacial score (nSPS) is 13.0. The van der Waals surface area contributed by atoms with Crippen molar-refractivity contribution < 1.29 is 14.1 Å². The summed E-state index contributed by atoms with van der Waals surface area (Å²) < 4.78 is 12.5. The molecular weight excluding hydrogens is 318 g/mol. The van der Waals surface area contributed by atoms with Crippen LogP contribution in [0.1, 0.15) is 45.2 Å². The molecule has 0 aliphatic heterocycles. The van der Waals surface area contributed by atoms with Gasteiger partial charge in [-0.2, -0.15) is 5.10 Å². The van der Waals surface area contributed by atoms with E-state index in [2.05, 4.69) is 10.3 Å². The van der Waals surface area contributed by atoms with E-state index in [-0.39, 0.29) is 6.61 Å². The van der Waals surface area contributed by atoms with Gasteiger partial charge in [0, 0.05) is 11.3 Å². The molecule has 1 aliphatic rings. The fraction of sp³-hybridized carbons (Fsp3) is 0.316. The second kappa shape index (κ2) is 6.20. The first-order valence-electron chi connectivity index (χ1n) is 8.40. The molecule has 25 heavy (non-hydrogen) atoms. The molecule has 0 atom stereocenters. The van der Waals surface area contributed by atoms with Gasteiger partial charge >= 0.3 is 5.97 Å². The number of aromatic nitrogens is 3. The van der Waals surface area contributed by atoms with Crippen LogP contribution in [0.5, 0.6) is 0 Å². The lowest BCUT2D eigenvalue weighted by molar-refractivity contribution is 0.0462. The Hall–Kier alpha value is -2.89. The number of aryl methyl sites for hydroxylation is 2. The minimum Gasteiger partial charge on any atom is -0.456 e. The van der Waals surface area contributed by atoms with Crippen molar-refractivity contribution in [2.75, 3.05) is 0 Å². The van der Waals surface area contributed by atoms with E-state index in [4.69, 9.17) is 9.26 Å². The van der Waals surface area contributed by atoms with Crippen molar-refractivity contribution in [1.29, 1.82) is 0 Å². The Balaban J connectivity index is 1.61. The van der Waals surface area contributed by atoms with E-state index in [9.17, 15) is 4.79 Å². The zero-order valence-electron chi connectivity index (χ0n) is 14.3. The molecule has 0 radical (unpaired) electrons. The van der Waals surface area contributed by atoms with E-state index >= 15 is 0 Å².